The van der Waals surface area contributed by atoms with E-state index in [0.29, 0.717) is 5.41 Å². The molecule has 0 spiro atoms. The quantitative estimate of drug-likeness (QED) is 0.836. The number of imidazole rings is 1. The highest BCUT2D eigenvalue weighted by molar-refractivity contribution is 5.77. The first-order valence-corrected chi connectivity index (χ1v) is 7.95. The van der Waals surface area contributed by atoms with Gasteiger partial charge in [0.2, 0.25) is 5.95 Å². The Kier molecular flexibility index (Phi) is 3.87. The van der Waals surface area contributed by atoms with Gasteiger partial charge in [0.15, 0.2) is 0 Å². The van der Waals surface area contributed by atoms with Crippen molar-refractivity contribution in [3.05, 3.63) is 24.0 Å². The number of benzene rings is 1. The minimum atomic E-state index is -0.232. The van der Waals surface area contributed by atoms with E-state index in [1.807, 2.05) is 0 Å². The standard InChI is InChI=1S/C17H24FN3/c1-12(2)10-17(7-3-4-8-17)11-19-16-20-14-6-5-13(18)9-15(14)21-16/h5-6,9,12H,3-4,7-8,10-11H2,1-2H3,(H2,19,20,21). The average Bonchev–Trinajstić information content (AvgIpc) is 3.02. The summed E-state index contributed by atoms with van der Waals surface area (Å²) >= 11 is 0. The molecule has 0 aliphatic heterocycles. The van der Waals surface area contributed by atoms with Crippen molar-refractivity contribution in [1.82, 2.24) is 9.97 Å². The number of nitrogens with one attached hydrogen (secondary N) is 2. The van der Waals surface area contributed by atoms with Gasteiger partial charge in [0.1, 0.15) is 5.82 Å². The Morgan fingerprint density at radius 3 is 2.81 bits per heavy atom. The molecule has 4 heteroatoms. The number of hydrogen-bond acceptors (Lipinski definition) is 2. The molecule has 0 saturated heterocycles. The van der Waals surface area contributed by atoms with Gasteiger partial charge in [-0.05, 0) is 48.8 Å². The molecule has 0 amide bonds. The number of rotatable bonds is 5. The maximum atomic E-state index is 13.2. The second-order valence-corrected chi connectivity index (χ2v) is 6.91. The maximum absolute atomic E-state index is 13.2. The van der Waals surface area contributed by atoms with Crippen LogP contribution in [0.1, 0.15) is 46.0 Å². The molecule has 0 radical (unpaired) electrons. The number of aromatic amines is 1. The van der Waals surface area contributed by atoms with Crippen molar-refractivity contribution in [3.8, 4) is 0 Å². The number of nitrogens with zero attached hydrogens (tertiary/aromatic N) is 1. The van der Waals surface area contributed by atoms with Gasteiger partial charge in [-0.3, -0.25) is 0 Å². The van der Waals surface area contributed by atoms with Crippen LogP contribution in [0.3, 0.4) is 0 Å². The number of aromatic nitrogens is 2. The van der Waals surface area contributed by atoms with Crippen molar-refractivity contribution in [2.75, 3.05) is 11.9 Å². The van der Waals surface area contributed by atoms with Gasteiger partial charge in [-0.25, -0.2) is 9.37 Å². The molecule has 1 aromatic heterocycles. The molecular weight excluding hydrogens is 265 g/mol. The minimum absolute atomic E-state index is 0.232. The summed E-state index contributed by atoms with van der Waals surface area (Å²) in [6, 6.07) is 4.66. The summed E-state index contributed by atoms with van der Waals surface area (Å²) in [5, 5.41) is 3.45. The molecule has 1 saturated carbocycles. The van der Waals surface area contributed by atoms with Crippen LogP contribution in [0.4, 0.5) is 10.3 Å². The lowest BCUT2D eigenvalue weighted by molar-refractivity contribution is 0.252. The summed E-state index contributed by atoms with van der Waals surface area (Å²) in [5.41, 5.74) is 1.96. The highest BCUT2D eigenvalue weighted by atomic mass is 19.1. The Bertz CT molecular complexity index is 612. The van der Waals surface area contributed by atoms with E-state index in [-0.39, 0.29) is 5.82 Å². The van der Waals surface area contributed by atoms with E-state index in [4.69, 9.17) is 0 Å². The lowest BCUT2D eigenvalue weighted by atomic mass is 9.78. The Morgan fingerprint density at radius 2 is 2.10 bits per heavy atom. The van der Waals surface area contributed by atoms with Crippen LogP contribution in [0.25, 0.3) is 11.0 Å². The van der Waals surface area contributed by atoms with Crippen LogP contribution in [0.2, 0.25) is 0 Å². The molecule has 0 bridgehead atoms. The minimum Gasteiger partial charge on any atom is -0.355 e. The van der Waals surface area contributed by atoms with Gasteiger partial charge in [0.25, 0.3) is 0 Å². The van der Waals surface area contributed by atoms with Gasteiger partial charge >= 0.3 is 0 Å². The normalized spacial score (nSPS) is 17.7. The topological polar surface area (TPSA) is 40.7 Å². The average molecular weight is 289 g/mol. The number of hydrogen-bond donors (Lipinski definition) is 2. The summed E-state index contributed by atoms with van der Waals surface area (Å²) in [7, 11) is 0. The molecular formula is C17H24FN3. The van der Waals surface area contributed by atoms with Gasteiger partial charge in [-0.15, -0.1) is 0 Å². The molecule has 0 atom stereocenters. The molecule has 1 aromatic carbocycles. The van der Waals surface area contributed by atoms with E-state index in [0.717, 1.165) is 29.4 Å². The number of H-pyrrole nitrogens is 1. The molecule has 21 heavy (non-hydrogen) atoms. The van der Waals surface area contributed by atoms with E-state index >= 15 is 0 Å². The summed E-state index contributed by atoms with van der Waals surface area (Å²) in [4.78, 5) is 7.66. The smallest absolute Gasteiger partial charge is 0.201 e. The predicted molar refractivity (Wildman–Crippen MR) is 84.9 cm³/mol. The second kappa shape index (κ2) is 5.66. The summed E-state index contributed by atoms with van der Waals surface area (Å²) in [6.07, 6.45) is 6.52. The number of halogens is 1. The monoisotopic (exact) mass is 289 g/mol. The van der Waals surface area contributed by atoms with E-state index in [1.54, 1.807) is 6.07 Å². The third-order valence-corrected chi connectivity index (χ3v) is 4.58. The summed E-state index contributed by atoms with van der Waals surface area (Å²) < 4.78 is 13.2. The van der Waals surface area contributed by atoms with Crippen LogP contribution in [-0.4, -0.2) is 16.5 Å². The van der Waals surface area contributed by atoms with E-state index in [9.17, 15) is 4.39 Å². The molecule has 1 aliphatic rings. The Balaban J connectivity index is 1.72. The number of fused-ring (bicyclic) bond motifs is 1. The van der Waals surface area contributed by atoms with Crippen LogP contribution in [0, 0.1) is 17.2 Å². The SMILES string of the molecule is CC(C)CC1(CNc2nc3ccc(F)cc3[nH]2)CCCC1. The fourth-order valence-electron chi connectivity index (χ4n) is 3.78. The molecule has 1 fully saturated rings. The fraction of sp³-hybridized carbons (Fsp3) is 0.588. The zero-order chi connectivity index (χ0) is 14.9. The van der Waals surface area contributed by atoms with Crippen molar-refractivity contribution in [2.24, 2.45) is 11.3 Å². The van der Waals surface area contributed by atoms with Gasteiger partial charge in [-0.2, -0.15) is 0 Å². The van der Waals surface area contributed by atoms with Crippen LogP contribution in [0.15, 0.2) is 18.2 Å². The Labute approximate surface area is 125 Å². The molecule has 0 unspecified atom stereocenters. The van der Waals surface area contributed by atoms with E-state index in [2.05, 4.69) is 29.1 Å². The maximum Gasteiger partial charge on any atom is 0.201 e. The van der Waals surface area contributed by atoms with Crippen molar-refractivity contribution < 1.29 is 4.39 Å². The van der Waals surface area contributed by atoms with Gasteiger partial charge < -0.3 is 10.3 Å². The van der Waals surface area contributed by atoms with Crippen LogP contribution in [0.5, 0.6) is 0 Å². The first-order valence-electron chi connectivity index (χ1n) is 7.95. The highest BCUT2D eigenvalue weighted by Gasteiger charge is 2.34. The highest BCUT2D eigenvalue weighted by Crippen LogP contribution is 2.43. The predicted octanol–water partition coefficient (Wildman–Crippen LogP) is 4.72. The fourth-order valence-corrected chi connectivity index (χ4v) is 3.78. The summed E-state index contributed by atoms with van der Waals surface area (Å²) in [6.45, 7) is 5.54. The van der Waals surface area contributed by atoms with Crippen LogP contribution >= 0.6 is 0 Å². The van der Waals surface area contributed by atoms with Gasteiger partial charge in [-0.1, -0.05) is 26.7 Å². The second-order valence-electron chi connectivity index (χ2n) is 6.91. The van der Waals surface area contributed by atoms with Crippen LogP contribution in [-0.2, 0) is 0 Å². The van der Waals surface area contributed by atoms with E-state index < -0.39 is 0 Å². The van der Waals surface area contributed by atoms with Crippen molar-refractivity contribution in [2.45, 2.75) is 46.0 Å². The van der Waals surface area contributed by atoms with Crippen molar-refractivity contribution in [3.63, 3.8) is 0 Å². The first kappa shape index (κ1) is 14.4. The number of anilines is 1. The lowest BCUT2D eigenvalue weighted by Gasteiger charge is -2.31. The molecule has 2 aromatic rings. The van der Waals surface area contributed by atoms with Crippen molar-refractivity contribution >= 4 is 17.0 Å². The molecule has 114 valence electrons. The zero-order valence-corrected chi connectivity index (χ0v) is 12.9. The molecule has 3 nitrogen and oxygen atoms in total. The Morgan fingerprint density at radius 1 is 1.33 bits per heavy atom. The zero-order valence-electron chi connectivity index (χ0n) is 12.9. The van der Waals surface area contributed by atoms with Crippen molar-refractivity contribution in [1.29, 1.82) is 0 Å². The van der Waals surface area contributed by atoms with Gasteiger partial charge in [0, 0.05) is 6.54 Å². The van der Waals surface area contributed by atoms with E-state index in [1.165, 1.54) is 44.2 Å². The molecule has 3 rings (SSSR count). The summed E-state index contributed by atoms with van der Waals surface area (Å²) in [5.74, 6) is 1.24. The first-order chi connectivity index (χ1) is 10.1. The van der Waals surface area contributed by atoms with Crippen LogP contribution < -0.4 is 5.32 Å². The molecule has 1 heterocycles. The molecule has 1 aliphatic carbocycles. The van der Waals surface area contributed by atoms with Gasteiger partial charge in [0.05, 0.1) is 11.0 Å². The molecule has 2 N–H and O–H groups in total. The largest absolute Gasteiger partial charge is 0.355 e. The lowest BCUT2D eigenvalue weighted by Crippen LogP contribution is -2.28. The third-order valence-electron chi connectivity index (χ3n) is 4.58. The third kappa shape index (κ3) is 3.20. The Hall–Kier alpha value is -1.58.